The van der Waals surface area contributed by atoms with E-state index in [1.54, 1.807) is 0 Å². The van der Waals surface area contributed by atoms with E-state index in [1.165, 1.54) is 30.2 Å². The van der Waals surface area contributed by atoms with Crippen molar-refractivity contribution >= 4 is 27.5 Å². The van der Waals surface area contributed by atoms with Gasteiger partial charge < -0.3 is 5.32 Å². The normalized spacial score (nSPS) is 24.8. The van der Waals surface area contributed by atoms with Gasteiger partial charge in [0.2, 0.25) is 5.91 Å². The molecule has 6 heteroatoms. The summed E-state index contributed by atoms with van der Waals surface area (Å²) in [6.07, 6.45) is 5.46. The fourth-order valence-electron chi connectivity index (χ4n) is 3.73. The van der Waals surface area contributed by atoms with Crippen LogP contribution in [0.3, 0.4) is 0 Å². The summed E-state index contributed by atoms with van der Waals surface area (Å²) in [5, 5.41) is 3.28. The van der Waals surface area contributed by atoms with Crippen LogP contribution in [0, 0.1) is 5.92 Å². The van der Waals surface area contributed by atoms with Crippen molar-refractivity contribution in [1.29, 1.82) is 0 Å². The van der Waals surface area contributed by atoms with Crippen LogP contribution in [-0.2, 0) is 14.6 Å². The summed E-state index contributed by atoms with van der Waals surface area (Å²) >= 11 is 1.48. The van der Waals surface area contributed by atoms with E-state index >= 15 is 0 Å². The summed E-state index contributed by atoms with van der Waals surface area (Å²) in [7, 11) is -2.88. The van der Waals surface area contributed by atoms with Crippen LogP contribution in [0.4, 0.5) is 0 Å². The molecule has 0 bridgehead atoms. The van der Waals surface area contributed by atoms with Gasteiger partial charge in [-0.25, -0.2) is 8.42 Å². The lowest BCUT2D eigenvalue weighted by molar-refractivity contribution is -0.119. The number of sulfone groups is 1. The smallest absolute Gasteiger partial charge is 0.230 e. The Kier molecular flexibility index (Phi) is 5.87. The number of benzene rings is 1. The van der Waals surface area contributed by atoms with Crippen molar-refractivity contribution in [3.63, 3.8) is 0 Å². The van der Waals surface area contributed by atoms with E-state index in [1.807, 2.05) is 18.2 Å². The van der Waals surface area contributed by atoms with E-state index in [4.69, 9.17) is 0 Å². The maximum atomic E-state index is 12.4. The van der Waals surface area contributed by atoms with E-state index < -0.39 is 9.84 Å². The second kappa shape index (κ2) is 7.91. The molecule has 2 atom stereocenters. The maximum Gasteiger partial charge on any atom is 0.230 e. The minimum atomic E-state index is -2.88. The first-order valence-electron chi connectivity index (χ1n) is 8.70. The first-order chi connectivity index (χ1) is 11.5. The highest BCUT2D eigenvalue weighted by Gasteiger charge is 2.30. The molecule has 3 rings (SSSR count). The number of hydrogen-bond donors (Lipinski definition) is 1. The molecule has 1 aliphatic heterocycles. The molecule has 0 unspecified atom stereocenters. The molecule has 1 aromatic carbocycles. The van der Waals surface area contributed by atoms with Crippen LogP contribution < -0.4 is 5.32 Å². The fourth-order valence-corrected chi connectivity index (χ4v) is 7.18. The molecule has 1 saturated carbocycles. The molecule has 4 nitrogen and oxygen atoms in total. The van der Waals surface area contributed by atoms with Gasteiger partial charge >= 0.3 is 0 Å². The van der Waals surface area contributed by atoms with Gasteiger partial charge in [0.15, 0.2) is 9.84 Å². The van der Waals surface area contributed by atoms with E-state index in [0.717, 1.165) is 12.8 Å². The van der Waals surface area contributed by atoms with Crippen LogP contribution in [0.25, 0.3) is 0 Å². The number of carbonyl (C=O) groups excluding carboxylic acids is 1. The van der Waals surface area contributed by atoms with Gasteiger partial charge in [0.1, 0.15) is 0 Å². The van der Waals surface area contributed by atoms with Crippen LogP contribution in [0.15, 0.2) is 30.3 Å². The summed E-state index contributed by atoms with van der Waals surface area (Å²) in [5.41, 5.74) is 1.17. The molecule has 1 saturated heterocycles. The molecule has 24 heavy (non-hydrogen) atoms. The fraction of sp³-hybridized carbons (Fsp3) is 0.611. The molecule has 132 valence electrons. The first kappa shape index (κ1) is 17.8. The Balaban J connectivity index is 1.57. The highest BCUT2D eigenvalue weighted by atomic mass is 32.2. The Labute approximate surface area is 148 Å². The third-order valence-corrected chi connectivity index (χ3v) is 8.27. The SMILES string of the molecule is O=C(CS[C@H]1CCS(=O)(=O)C1)N[C@@H](c1ccccc1)C1CCCC1. The summed E-state index contributed by atoms with van der Waals surface area (Å²) in [5.74, 6) is 1.35. The predicted molar refractivity (Wildman–Crippen MR) is 98.8 cm³/mol. The molecule has 1 heterocycles. The van der Waals surface area contributed by atoms with E-state index in [0.29, 0.717) is 18.1 Å². The second-order valence-corrected chi connectivity index (χ2v) is 10.4. The van der Waals surface area contributed by atoms with Gasteiger partial charge in [0.25, 0.3) is 0 Å². The molecule has 2 fully saturated rings. The summed E-state index contributed by atoms with van der Waals surface area (Å²) in [6, 6.07) is 10.3. The topological polar surface area (TPSA) is 63.2 Å². The maximum absolute atomic E-state index is 12.4. The summed E-state index contributed by atoms with van der Waals surface area (Å²) < 4.78 is 23.0. The number of nitrogens with one attached hydrogen (secondary N) is 1. The molecule has 1 aromatic rings. The Bertz CT molecular complexity index is 654. The first-order valence-corrected chi connectivity index (χ1v) is 11.6. The minimum Gasteiger partial charge on any atom is -0.348 e. The van der Waals surface area contributed by atoms with Crippen LogP contribution in [0.2, 0.25) is 0 Å². The number of rotatable bonds is 6. The van der Waals surface area contributed by atoms with Crippen LogP contribution >= 0.6 is 11.8 Å². The van der Waals surface area contributed by atoms with Crippen molar-refractivity contribution in [3.05, 3.63) is 35.9 Å². The summed E-state index contributed by atoms with van der Waals surface area (Å²) in [4.78, 5) is 12.4. The quantitative estimate of drug-likeness (QED) is 0.840. The monoisotopic (exact) mass is 367 g/mol. The molecule has 2 aliphatic rings. The van der Waals surface area contributed by atoms with Gasteiger partial charge in [-0.2, -0.15) is 0 Å². The molecule has 1 aliphatic carbocycles. The zero-order valence-electron chi connectivity index (χ0n) is 13.8. The number of carbonyl (C=O) groups is 1. The zero-order valence-corrected chi connectivity index (χ0v) is 15.4. The highest BCUT2D eigenvalue weighted by molar-refractivity contribution is 8.02. The number of thioether (sulfide) groups is 1. The predicted octanol–water partition coefficient (Wildman–Crippen LogP) is 2.95. The third kappa shape index (κ3) is 4.76. The van der Waals surface area contributed by atoms with Gasteiger partial charge in [0.05, 0.1) is 23.3 Å². The van der Waals surface area contributed by atoms with Crippen LogP contribution in [0.5, 0.6) is 0 Å². The van der Waals surface area contributed by atoms with Gasteiger partial charge in [-0.1, -0.05) is 43.2 Å². The van der Waals surface area contributed by atoms with Crippen molar-refractivity contribution in [2.45, 2.75) is 43.4 Å². The molecule has 1 N–H and O–H groups in total. The lowest BCUT2D eigenvalue weighted by Crippen LogP contribution is -2.34. The zero-order chi connectivity index (χ0) is 17.0. The average molecular weight is 368 g/mol. The van der Waals surface area contributed by atoms with E-state index in [9.17, 15) is 13.2 Å². The van der Waals surface area contributed by atoms with E-state index in [2.05, 4.69) is 17.4 Å². The van der Waals surface area contributed by atoms with Gasteiger partial charge in [0, 0.05) is 5.25 Å². The molecular weight excluding hydrogens is 342 g/mol. The minimum absolute atomic E-state index is 0.0186. The molecule has 0 aromatic heterocycles. The third-order valence-electron chi connectivity index (χ3n) is 4.99. The van der Waals surface area contributed by atoms with Gasteiger partial charge in [-0.05, 0) is 30.7 Å². The molecule has 0 spiro atoms. The average Bonchev–Trinajstić information content (AvgIpc) is 3.21. The number of hydrogen-bond acceptors (Lipinski definition) is 4. The Morgan fingerprint density at radius 2 is 1.88 bits per heavy atom. The Morgan fingerprint density at radius 3 is 2.50 bits per heavy atom. The molecule has 1 amide bonds. The molecule has 0 radical (unpaired) electrons. The van der Waals surface area contributed by atoms with E-state index in [-0.39, 0.29) is 28.7 Å². The van der Waals surface area contributed by atoms with Gasteiger partial charge in [-0.15, -0.1) is 11.8 Å². The lowest BCUT2D eigenvalue weighted by Gasteiger charge is -2.25. The Hall–Kier alpha value is -1.01. The van der Waals surface area contributed by atoms with Crippen molar-refractivity contribution in [2.24, 2.45) is 5.92 Å². The Morgan fingerprint density at radius 1 is 1.17 bits per heavy atom. The molecular formula is C18H25NO3S2. The second-order valence-electron chi connectivity index (χ2n) is 6.84. The van der Waals surface area contributed by atoms with Crippen molar-refractivity contribution in [3.8, 4) is 0 Å². The standard InChI is InChI=1S/C18H25NO3S2/c20-17(12-23-16-10-11-24(21,22)13-16)19-18(15-8-4-5-9-15)14-6-2-1-3-7-14/h1-3,6-7,15-16,18H,4-5,8-13H2,(H,19,20)/t16-,18-/m0/s1. The highest BCUT2D eigenvalue weighted by Crippen LogP contribution is 2.35. The van der Waals surface area contributed by atoms with Gasteiger partial charge in [-0.3, -0.25) is 4.79 Å². The van der Waals surface area contributed by atoms with Crippen molar-refractivity contribution in [1.82, 2.24) is 5.32 Å². The van der Waals surface area contributed by atoms with Crippen molar-refractivity contribution < 1.29 is 13.2 Å². The summed E-state index contributed by atoms with van der Waals surface area (Å²) in [6.45, 7) is 0. The van der Waals surface area contributed by atoms with Crippen LogP contribution in [-0.4, -0.2) is 36.8 Å². The number of amides is 1. The van der Waals surface area contributed by atoms with Crippen molar-refractivity contribution in [2.75, 3.05) is 17.3 Å². The largest absolute Gasteiger partial charge is 0.348 e. The lowest BCUT2D eigenvalue weighted by atomic mass is 9.91. The van der Waals surface area contributed by atoms with Crippen LogP contribution in [0.1, 0.15) is 43.7 Å².